The number of rotatable bonds is 7. The minimum atomic E-state index is -0.133. The van der Waals surface area contributed by atoms with Gasteiger partial charge < -0.3 is 10.6 Å². The maximum absolute atomic E-state index is 12.1. The van der Waals surface area contributed by atoms with Gasteiger partial charge in [-0.1, -0.05) is 18.6 Å². The van der Waals surface area contributed by atoms with Crippen LogP contribution in [0.1, 0.15) is 62.9 Å². The third kappa shape index (κ3) is 5.13. The Hall–Kier alpha value is -1.91. The lowest BCUT2D eigenvalue weighted by atomic mass is 9.97. The Labute approximate surface area is 132 Å². The molecule has 2 rings (SSSR count). The Morgan fingerprint density at radius 3 is 3.00 bits per heavy atom. The molecule has 1 unspecified atom stereocenters. The summed E-state index contributed by atoms with van der Waals surface area (Å²) in [4.78, 5) is 20.6. The van der Waals surface area contributed by atoms with Gasteiger partial charge in [0.05, 0.1) is 0 Å². The summed E-state index contributed by atoms with van der Waals surface area (Å²) >= 11 is 0. The van der Waals surface area contributed by atoms with E-state index >= 15 is 0 Å². The molecule has 0 aromatic carbocycles. The van der Waals surface area contributed by atoms with E-state index < -0.39 is 0 Å². The zero-order valence-electron chi connectivity index (χ0n) is 13.6. The molecule has 1 aliphatic carbocycles. The summed E-state index contributed by atoms with van der Waals surface area (Å²) in [6.45, 7) is 4.82. The highest BCUT2D eigenvalue weighted by Gasteiger charge is 2.10. The van der Waals surface area contributed by atoms with Gasteiger partial charge in [-0.05, 0) is 51.5 Å². The first-order valence-electron chi connectivity index (χ1n) is 8.24. The van der Waals surface area contributed by atoms with E-state index in [4.69, 9.17) is 0 Å². The van der Waals surface area contributed by atoms with Gasteiger partial charge in [0, 0.05) is 18.8 Å². The number of nitrogens with one attached hydrogen (secondary N) is 2. The molecule has 1 aliphatic rings. The summed E-state index contributed by atoms with van der Waals surface area (Å²) in [6, 6.07) is 1.94. The smallest absolute Gasteiger partial charge is 0.270 e. The summed E-state index contributed by atoms with van der Waals surface area (Å²) in [5.74, 6) is 0.378. The van der Waals surface area contributed by atoms with E-state index in [1.165, 1.54) is 31.3 Å². The Morgan fingerprint density at radius 1 is 1.41 bits per heavy atom. The van der Waals surface area contributed by atoms with Crippen molar-refractivity contribution in [2.24, 2.45) is 0 Å². The Morgan fingerprint density at radius 2 is 2.27 bits per heavy atom. The fraction of sp³-hybridized carbons (Fsp3) is 0.588. The van der Waals surface area contributed by atoms with Crippen molar-refractivity contribution in [3.8, 4) is 0 Å². The van der Waals surface area contributed by atoms with Crippen LogP contribution in [0.25, 0.3) is 0 Å². The fourth-order valence-electron chi connectivity index (χ4n) is 2.44. The molecule has 22 heavy (non-hydrogen) atoms. The second-order valence-corrected chi connectivity index (χ2v) is 5.83. The van der Waals surface area contributed by atoms with Crippen LogP contribution in [0.15, 0.2) is 23.9 Å². The number of anilines is 1. The molecule has 0 radical (unpaired) electrons. The molecular formula is C17H26N4O. The summed E-state index contributed by atoms with van der Waals surface area (Å²) in [6.07, 6.45) is 10.8. The van der Waals surface area contributed by atoms with Crippen LogP contribution in [0, 0.1) is 0 Å². The standard InChI is InChI=1S/C17H26N4O/c1-3-13(2)20-17-19-12-10-15(21-17)16(22)18-11-9-14-7-5-4-6-8-14/h7,10,12-13H,3-6,8-9,11H2,1-2H3,(H,18,22)(H,19,20,21). The number of hydrogen-bond acceptors (Lipinski definition) is 4. The Kier molecular flexibility index (Phi) is 6.37. The van der Waals surface area contributed by atoms with Gasteiger partial charge in [-0.3, -0.25) is 4.79 Å². The second kappa shape index (κ2) is 8.51. The molecule has 0 saturated carbocycles. The molecule has 5 heteroatoms. The largest absolute Gasteiger partial charge is 0.352 e. The van der Waals surface area contributed by atoms with Gasteiger partial charge in [-0.2, -0.15) is 0 Å². The van der Waals surface area contributed by atoms with Crippen molar-refractivity contribution < 1.29 is 4.79 Å². The molecule has 1 aromatic rings. The zero-order valence-corrected chi connectivity index (χ0v) is 13.6. The van der Waals surface area contributed by atoms with Crippen molar-refractivity contribution >= 4 is 11.9 Å². The molecular weight excluding hydrogens is 276 g/mol. The predicted molar refractivity (Wildman–Crippen MR) is 88.9 cm³/mol. The number of aromatic nitrogens is 2. The van der Waals surface area contributed by atoms with Crippen molar-refractivity contribution in [3.63, 3.8) is 0 Å². The minimum absolute atomic E-state index is 0.133. The average Bonchev–Trinajstić information content (AvgIpc) is 2.56. The molecule has 0 bridgehead atoms. The lowest BCUT2D eigenvalue weighted by Crippen LogP contribution is -2.26. The zero-order chi connectivity index (χ0) is 15.8. The minimum Gasteiger partial charge on any atom is -0.352 e. The van der Waals surface area contributed by atoms with Crippen LogP contribution in [0.5, 0.6) is 0 Å². The molecule has 1 amide bonds. The number of carbonyl (C=O) groups excluding carboxylic acids is 1. The maximum atomic E-state index is 12.1. The lowest BCUT2D eigenvalue weighted by Gasteiger charge is -2.13. The third-order valence-electron chi connectivity index (χ3n) is 3.99. The third-order valence-corrected chi connectivity index (χ3v) is 3.99. The summed E-state index contributed by atoms with van der Waals surface area (Å²) < 4.78 is 0. The molecule has 0 spiro atoms. The molecule has 0 fully saturated rings. The monoisotopic (exact) mass is 302 g/mol. The topological polar surface area (TPSA) is 66.9 Å². The van der Waals surface area contributed by atoms with Gasteiger partial charge >= 0.3 is 0 Å². The van der Waals surface area contributed by atoms with E-state index in [2.05, 4.69) is 40.5 Å². The van der Waals surface area contributed by atoms with Gasteiger partial charge in [-0.25, -0.2) is 9.97 Å². The van der Waals surface area contributed by atoms with Gasteiger partial charge in [0.15, 0.2) is 0 Å². The Balaban J connectivity index is 1.83. The fourth-order valence-corrected chi connectivity index (χ4v) is 2.44. The maximum Gasteiger partial charge on any atom is 0.270 e. The van der Waals surface area contributed by atoms with Crippen LogP contribution >= 0.6 is 0 Å². The van der Waals surface area contributed by atoms with Gasteiger partial charge in [0.25, 0.3) is 5.91 Å². The highest BCUT2D eigenvalue weighted by Crippen LogP contribution is 2.19. The van der Waals surface area contributed by atoms with Crippen LogP contribution in [0.4, 0.5) is 5.95 Å². The van der Waals surface area contributed by atoms with E-state index in [1.54, 1.807) is 12.3 Å². The Bertz CT molecular complexity index is 527. The quantitative estimate of drug-likeness (QED) is 0.758. The number of nitrogens with zero attached hydrogens (tertiary/aromatic N) is 2. The van der Waals surface area contributed by atoms with E-state index in [-0.39, 0.29) is 11.9 Å². The van der Waals surface area contributed by atoms with Crippen molar-refractivity contribution in [2.75, 3.05) is 11.9 Å². The summed E-state index contributed by atoms with van der Waals surface area (Å²) in [5.41, 5.74) is 1.88. The molecule has 1 atom stereocenters. The van der Waals surface area contributed by atoms with Gasteiger partial charge in [0.2, 0.25) is 5.95 Å². The van der Waals surface area contributed by atoms with Crippen molar-refractivity contribution in [1.82, 2.24) is 15.3 Å². The first-order valence-corrected chi connectivity index (χ1v) is 8.24. The number of amides is 1. The first-order chi connectivity index (χ1) is 10.7. The van der Waals surface area contributed by atoms with Gasteiger partial charge in [0.1, 0.15) is 5.69 Å². The van der Waals surface area contributed by atoms with Crippen LogP contribution in [-0.4, -0.2) is 28.5 Å². The highest BCUT2D eigenvalue weighted by molar-refractivity contribution is 5.92. The molecule has 0 aliphatic heterocycles. The highest BCUT2D eigenvalue weighted by atomic mass is 16.1. The molecule has 0 saturated heterocycles. The lowest BCUT2D eigenvalue weighted by molar-refractivity contribution is 0.0949. The van der Waals surface area contributed by atoms with Crippen molar-refractivity contribution in [1.29, 1.82) is 0 Å². The molecule has 1 aromatic heterocycles. The molecule has 120 valence electrons. The summed E-state index contributed by atoms with van der Waals surface area (Å²) in [5, 5.41) is 6.13. The predicted octanol–water partition coefficient (Wildman–Crippen LogP) is 3.31. The molecule has 1 heterocycles. The number of carbonyl (C=O) groups is 1. The van der Waals surface area contributed by atoms with Crippen LogP contribution in [0.2, 0.25) is 0 Å². The first kappa shape index (κ1) is 16.5. The number of allylic oxidation sites excluding steroid dienone is 1. The summed E-state index contributed by atoms with van der Waals surface area (Å²) in [7, 11) is 0. The molecule has 2 N–H and O–H groups in total. The van der Waals surface area contributed by atoms with Crippen molar-refractivity contribution in [3.05, 3.63) is 29.6 Å². The van der Waals surface area contributed by atoms with Crippen LogP contribution in [0.3, 0.4) is 0 Å². The van der Waals surface area contributed by atoms with E-state index in [9.17, 15) is 4.79 Å². The van der Waals surface area contributed by atoms with Crippen LogP contribution in [-0.2, 0) is 0 Å². The van der Waals surface area contributed by atoms with Gasteiger partial charge in [-0.15, -0.1) is 0 Å². The average molecular weight is 302 g/mol. The van der Waals surface area contributed by atoms with E-state index in [0.29, 0.717) is 18.2 Å². The second-order valence-electron chi connectivity index (χ2n) is 5.83. The molecule has 5 nitrogen and oxygen atoms in total. The van der Waals surface area contributed by atoms with Crippen molar-refractivity contribution in [2.45, 2.75) is 58.4 Å². The number of hydrogen-bond donors (Lipinski definition) is 2. The van der Waals surface area contributed by atoms with Crippen LogP contribution < -0.4 is 10.6 Å². The SMILES string of the molecule is CCC(C)Nc1nccc(C(=O)NCCC2=CCCCC2)n1. The van der Waals surface area contributed by atoms with E-state index in [0.717, 1.165) is 12.8 Å². The normalized spacial score (nSPS) is 15.8. The van der Waals surface area contributed by atoms with E-state index in [1.807, 2.05) is 0 Å².